The molecule has 0 aliphatic rings. The van der Waals surface area contributed by atoms with Crippen molar-refractivity contribution in [2.24, 2.45) is 0 Å². The summed E-state index contributed by atoms with van der Waals surface area (Å²) in [7, 11) is 0. The molecule has 0 bridgehead atoms. The van der Waals surface area contributed by atoms with E-state index in [1.165, 1.54) is 11.8 Å². The molecule has 0 saturated heterocycles. The summed E-state index contributed by atoms with van der Waals surface area (Å²) >= 11 is 1.47. The quantitative estimate of drug-likeness (QED) is 0.437. The molecule has 0 N–H and O–H groups in total. The van der Waals surface area contributed by atoms with E-state index in [0.29, 0.717) is 5.75 Å². The molecule has 0 aromatic carbocycles. The van der Waals surface area contributed by atoms with Crippen LogP contribution in [0.2, 0.25) is 0 Å². The Morgan fingerprint density at radius 2 is 2.33 bits per heavy atom. The Kier molecular flexibility index (Phi) is 3.41. The Labute approximate surface area is 60.2 Å². The maximum atomic E-state index is 10.2. The lowest BCUT2D eigenvalue weighted by atomic mass is 10.2. The second kappa shape index (κ2) is 3.58. The second-order valence-electron chi connectivity index (χ2n) is 2.21. The minimum absolute atomic E-state index is 0.313. The Hall–Kier alpha value is -0.420. The molecule has 0 unspecified atom stereocenters. The lowest BCUT2D eigenvalue weighted by molar-refractivity contribution is -0.109. The van der Waals surface area contributed by atoms with Crippen LogP contribution in [0.1, 0.15) is 13.8 Å². The van der Waals surface area contributed by atoms with Crippen molar-refractivity contribution in [3.05, 3.63) is 0 Å². The zero-order valence-corrected chi connectivity index (χ0v) is 6.49. The maximum absolute atomic E-state index is 10.2. The Bertz CT molecular complexity index is 132. The van der Waals surface area contributed by atoms with Gasteiger partial charge in [-0.1, -0.05) is 5.92 Å². The van der Waals surface area contributed by atoms with Gasteiger partial charge in [-0.15, -0.1) is 18.2 Å². The summed E-state index contributed by atoms with van der Waals surface area (Å²) in [5.41, 5.74) is 0. The molecule has 0 atom stereocenters. The molecule has 1 nitrogen and oxygen atoms in total. The second-order valence-corrected chi connectivity index (χ2v) is 3.84. The third-order valence-corrected chi connectivity index (χ3v) is 1.96. The third-order valence-electron chi connectivity index (χ3n) is 0.811. The van der Waals surface area contributed by atoms with Crippen molar-refractivity contribution in [1.29, 1.82) is 0 Å². The first-order chi connectivity index (χ1) is 4.12. The molecule has 0 aliphatic heterocycles. The predicted octanol–water partition coefficient (Wildman–Crippen LogP) is 1.33. The molecule has 9 heavy (non-hydrogen) atoms. The fourth-order valence-corrected chi connectivity index (χ4v) is 0.785. The molecule has 0 aromatic heterocycles. The van der Waals surface area contributed by atoms with Gasteiger partial charge in [0.2, 0.25) is 0 Å². The number of terminal acetylenes is 1. The van der Waals surface area contributed by atoms with Crippen LogP contribution >= 0.6 is 11.8 Å². The largest absolute Gasteiger partial charge is 0.302 e. The molecule has 0 aromatic rings. The van der Waals surface area contributed by atoms with E-state index in [0.717, 1.165) is 6.29 Å². The molecule has 2 heteroatoms. The van der Waals surface area contributed by atoms with Crippen LogP contribution in [0.15, 0.2) is 0 Å². The summed E-state index contributed by atoms with van der Waals surface area (Å²) in [5, 5.41) is 0. The normalized spacial score (nSPS) is 10.3. The van der Waals surface area contributed by atoms with Crippen molar-refractivity contribution in [3.63, 3.8) is 0 Å². The van der Waals surface area contributed by atoms with Crippen molar-refractivity contribution >= 4 is 18.0 Å². The van der Waals surface area contributed by atoms with Gasteiger partial charge in [0, 0.05) is 0 Å². The fraction of sp³-hybridized carbons (Fsp3) is 0.571. The van der Waals surface area contributed by atoms with Crippen molar-refractivity contribution in [2.45, 2.75) is 18.6 Å². The molecule has 0 heterocycles. The standard InChI is InChI=1S/C7H10OS/c1-4-5-9-7(2,3)6-8/h1,6H,5H2,2-3H3. The first-order valence-corrected chi connectivity index (χ1v) is 3.65. The van der Waals surface area contributed by atoms with E-state index in [-0.39, 0.29) is 4.75 Å². The molecule has 0 radical (unpaired) electrons. The van der Waals surface area contributed by atoms with E-state index in [1.54, 1.807) is 0 Å². The van der Waals surface area contributed by atoms with Crippen LogP contribution in [0, 0.1) is 12.3 Å². The van der Waals surface area contributed by atoms with Gasteiger partial charge in [-0.2, -0.15) is 0 Å². The van der Waals surface area contributed by atoms with Crippen LogP contribution in [0.25, 0.3) is 0 Å². The van der Waals surface area contributed by atoms with Gasteiger partial charge >= 0.3 is 0 Å². The molecule has 0 saturated carbocycles. The first kappa shape index (κ1) is 8.58. The summed E-state index contributed by atoms with van der Waals surface area (Å²) < 4.78 is -0.313. The van der Waals surface area contributed by atoms with E-state index < -0.39 is 0 Å². The Morgan fingerprint density at radius 3 is 2.67 bits per heavy atom. The van der Waals surface area contributed by atoms with Crippen molar-refractivity contribution in [3.8, 4) is 12.3 Å². The number of carbonyl (C=O) groups is 1. The van der Waals surface area contributed by atoms with Gasteiger partial charge in [-0.05, 0) is 13.8 Å². The van der Waals surface area contributed by atoms with Crippen molar-refractivity contribution in [2.75, 3.05) is 5.75 Å². The maximum Gasteiger partial charge on any atom is 0.135 e. The number of carbonyl (C=O) groups excluding carboxylic acids is 1. The number of rotatable bonds is 3. The van der Waals surface area contributed by atoms with Gasteiger partial charge in [0.25, 0.3) is 0 Å². The average Bonchev–Trinajstić information content (AvgIpc) is 1.84. The predicted molar refractivity (Wildman–Crippen MR) is 41.4 cm³/mol. The van der Waals surface area contributed by atoms with Crippen LogP contribution in [-0.2, 0) is 4.79 Å². The van der Waals surface area contributed by atoms with E-state index in [9.17, 15) is 4.79 Å². The highest BCUT2D eigenvalue weighted by Gasteiger charge is 2.14. The van der Waals surface area contributed by atoms with Crippen molar-refractivity contribution in [1.82, 2.24) is 0 Å². The number of thioether (sulfide) groups is 1. The molecule has 0 rings (SSSR count). The molecule has 0 aliphatic carbocycles. The van der Waals surface area contributed by atoms with E-state index in [4.69, 9.17) is 6.42 Å². The van der Waals surface area contributed by atoms with Gasteiger partial charge in [0.15, 0.2) is 0 Å². The summed E-state index contributed by atoms with van der Waals surface area (Å²) in [6.07, 6.45) is 5.92. The van der Waals surface area contributed by atoms with Crippen LogP contribution < -0.4 is 0 Å². The lowest BCUT2D eigenvalue weighted by Crippen LogP contribution is -2.16. The molecular weight excluding hydrogens is 132 g/mol. The van der Waals surface area contributed by atoms with Gasteiger partial charge in [0.1, 0.15) is 6.29 Å². The summed E-state index contributed by atoms with van der Waals surface area (Å²) in [6.45, 7) is 3.70. The number of hydrogen-bond acceptors (Lipinski definition) is 2. The zero-order valence-electron chi connectivity index (χ0n) is 5.68. The Balaban J connectivity index is 3.61. The van der Waals surface area contributed by atoms with Crippen molar-refractivity contribution < 1.29 is 4.79 Å². The minimum Gasteiger partial charge on any atom is -0.302 e. The summed E-state index contributed by atoms with van der Waals surface area (Å²) in [4.78, 5) is 10.2. The lowest BCUT2D eigenvalue weighted by Gasteiger charge is -2.12. The fourth-order valence-electron chi connectivity index (χ4n) is 0.262. The van der Waals surface area contributed by atoms with Gasteiger partial charge in [0.05, 0.1) is 10.5 Å². The molecule has 0 amide bonds. The van der Waals surface area contributed by atoms with Crippen LogP contribution in [0.5, 0.6) is 0 Å². The van der Waals surface area contributed by atoms with E-state index in [1.807, 2.05) is 13.8 Å². The molecule has 0 spiro atoms. The number of aldehydes is 1. The minimum atomic E-state index is -0.313. The molecule has 50 valence electrons. The zero-order chi connectivity index (χ0) is 7.33. The molecular formula is C7H10OS. The topological polar surface area (TPSA) is 17.1 Å². The monoisotopic (exact) mass is 142 g/mol. The van der Waals surface area contributed by atoms with E-state index in [2.05, 4.69) is 5.92 Å². The van der Waals surface area contributed by atoms with Crippen LogP contribution in [-0.4, -0.2) is 16.8 Å². The van der Waals surface area contributed by atoms with E-state index >= 15 is 0 Å². The third kappa shape index (κ3) is 4.11. The average molecular weight is 142 g/mol. The van der Waals surface area contributed by atoms with Gasteiger partial charge in [-0.3, -0.25) is 0 Å². The van der Waals surface area contributed by atoms with Gasteiger partial charge < -0.3 is 4.79 Å². The molecule has 0 fully saturated rings. The van der Waals surface area contributed by atoms with Crippen LogP contribution in [0.4, 0.5) is 0 Å². The Morgan fingerprint density at radius 1 is 1.78 bits per heavy atom. The van der Waals surface area contributed by atoms with Gasteiger partial charge in [-0.25, -0.2) is 0 Å². The van der Waals surface area contributed by atoms with Crippen LogP contribution in [0.3, 0.4) is 0 Å². The highest BCUT2D eigenvalue weighted by Crippen LogP contribution is 2.20. The first-order valence-electron chi connectivity index (χ1n) is 2.66. The highest BCUT2D eigenvalue weighted by molar-refractivity contribution is 8.01. The SMILES string of the molecule is C#CCSC(C)(C)C=O. The summed E-state index contributed by atoms with van der Waals surface area (Å²) in [5.74, 6) is 3.07. The summed E-state index contributed by atoms with van der Waals surface area (Å²) in [6, 6.07) is 0. The highest BCUT2D eigenvalue weighted by atomic mass is 32.2. The smallest absolute Gasteiger partial charge is 0.135 e. The number of hydrogen-bond donors (Lipinski definition) is 0.